The summed E-state index contributed by atoms with van der Waals surface area (Å²) in [5.41, 5.74) is 2.48. The number of rotatable bonds is 4. The monoisotopic (exact) mass is 246 g/mol. The van der Waals surface area contributed by atoms with Gasteiger partial charge in [0.2, 0.25) is 0 Å². The lowest BCUT2D eigenvalue weighted by Gasteiger charge is -2.08. The van der Waals surface area contributed by atoms with Crippen LogP contribution in [0.2, 0.25) is 5.02 Å². The van der Waals surface area contributed by atoms with E-state index in [1.54, 1.807) is 7.11 Å². The molecule has 0 heterocycles. The fourth-order valence-electron chi connectivity index (χ4n) is 1.87. The molecule has 2 aromatic carbocycles. The molecule has 0 aliphatic rings. The van der Waals surface area contributed by atoms with Gasteiger partial charge in [-0.25, -0.2) is 0 Å². The molecule has 0 aliphatic carbocycles. The molecule has 88 valence electrons. The molecule has 0 aliphatic heterocycles. The Labute approximate surface area is 107 Å². The van der Waals surface area contributed by atoms with Gasteiger partial charge in [-0.3, -0.25) is 0 Å². The fraction of sp³-hybridized carbons (Fsp3) is 0.200. The maximum Gasteiger partial charge on any atom is 0.122 e. The van der Waals surface area contributed by atoms with Gasteiger partial charge < -0.3 is 4.74 Å². The lowest BCUT2D eigenvalue weighted by Crippen LogP contribution is -1.95. The van der Waals surface area contributed by atoms with Crippen LogP contribution in [0, 0.1) is 0 Å². The lowest BCUT2D eigenvalue weighted by atomic mass is 10.0. The number of methoxy groups -OCH3 is 1. The Bertz CT molecular complexity index is 480. The molecule has 0 bridgehead atoms. The molecule has 0 saturated heterocycles. The van der Waals surface area contributed by atoms with Crippen molar-refractivity contribution in [2.45, 2.75) is 12.8 Å². The standard InChI is InChI=1S/C15H15ClO/c1-17-15-10-9-14(16)11-13(15)8-7-12-5-3-2-4-6-12/h2-6,9-11H,7-8H2,1H3. The van der Waals surface area contributed by atoms with E-state index in [0.717, 1.165) is 29.2 Å². The molecule has 0 N–H and O–H groups in total. The smallest absolute Gasteiger partial charge is 0.122 e. The number of ether oxygens (including phenoxy) is 1. The first-order valence-electron chi connectivity index (χ1n) is 5.66. The average Bonchev–Trinajstić information content (AvgIpc) is 2.38. The molecule has 0 radical (unpaired) electrons. The molecule has 2 heteroatoms. The first-order chi connectivity index (χ1) is 8.29. The Morgan fingerprint density at radius 3 is 2.47 bits per heavy atom. The van der Waals surface area contributed by atoms with E-state index in [9.17, 15) is 0 Å². The number of hydrogen-bond donors (Lipinski definition) is 0. The fourth-order valence-corrected chi connectivity index (χ4v) is 2.06. The summed E-state index contributed by atoms with van der Waals surface area (Å²) >= 11 is 6.00. The van der Waals surface area contributed by atoms with Crippen LogP contribution in [0.25, 0.3) is 0 Å². The SMILES string of the molecule is COc1ccc(Cl)cc1CCc1ccccc1. The van der Waals surface area contributed by atoms with Gasteiger partial charge in [0, 0.05) is 5.02 Å². The van der Waals surface area contributed by atoms with Crippen molar-refractivity contribution in [1.82, 2.24) is 0 Å². The third-order valence-corrected chi connectivity index (χ3v) is 3.00. The van der Waals surface area contributed by atoms with Crippen molar-refractivity contribution in [1.29, 1.82) is 0 Å². The lowest BCUT2D eigenvalue weighted by molar-refractivity contribution is 0.409. The van der Waals surface area contributed by atoms with Crippen LogP contribution in [0.15, 0.2) is 48.5 Å². The zero-order chi connectivity index (χ0) is 12.1. The molecular weight excluding hydrogens is 232 g/mol. The van der Waals surface area contributed by atoms with Crippen LogP contribution in [-0.4, -0.2) is 7.11 Å². The van der Waals surface area contributed by atoms with E-state index in [2.05, 4.69) is 24.3 Å². The second kappa shape index (κ2) is 5.74. The van der Waals surface area contributed by atoms with Gasteiger partial charge in [0.05, 0.1) is 7.11 Å². The van der Waals surface area contributed by atoms with Crippen molar-refractivity contribution in [3.05, 3.63) is 64.7 Å². The molecule has 1 nitrogen and oxygen atoms in total. The summed E-state index contributed by atoms with van der Waals surface area (Å²) in [4.78, 5) is 0. The van der Waals surface area contributed by atoms with Gasteiger partial charge in [-0.1, -0.05) is 41.9 Å². The molecule has 0 aromatic heterocycles. The summed E-state index contributed by atoms with van der Waals surface area (Å²) in [5.74, 6) is 0.908. The molecule has 0 amide bonds. The van der Waals surface area contributed by atoms with E-state index in [-0.39, 0.29) is 0 Å². The Kier molecular flexibility index (Phi) is 4.05. The third-order valence-electron chi connectivity index (χ3n) is 2.77. The van der Waals surface area contributed by atoms with Crippen molar-refractivity contribution < 1.29 is 4.74 Å². The Hall–Kier alpha value is -1.47. The summed E-state index contributed by atoms with van der Waals surface area (Å²) in [5, 5.41) is 0.758. The zero-order valence-electron chi connectivity index (χ0n) is 9.82. The van der Waals surface area contributed by atoms with Crippen LogP contribution in [0.5, 0.6) is 5.75 Å². The van der Waals surface area contributed by atoms with Crippen LogP contribution < -0.4 is 4.74 Å². The van der Waals surface area contributed by atoms with E-state index in [1.165, 1.54) is 5.56 Å². The summed E-state index contributed by atoms with van der Waals surface area (Å²) in [6.45, 7) is 0. The van der Waals surface area contributed by atoms with Crippen molar-refractivity contribution in [2.75, 3.05) is 7.11 Å². The summed E-state index contributed by atoms with van der Waals surface area (Å²) < 4.78 is 5.33. The minimum absolute atomic E-state index is 0.758. The number of aryl methyl sites for hydroxylation is 2. The number of halogens is 1. The van der Waals surface area contributed by atoms with Crippen LogP contribution in [0.3, 0.4) is 0 Å². The first kappa shape index (κ1) is 12.0. The minimum atomic E-state index is 0.758. The quantitative estimate of drug-likeness (QED) is 0.788. The second-order valence-corrected chi connectivity index (χ2v) is 4.38. The van der Waals surface area contributed by atoms with E-state index in [4.69, 9.17) is 16.3 Å². The number of hydrogen-bond acceptors (Lipinski definition) is 1. The molecule has 0 unspecified atom stereocenters. The average molecular weight is 247 g/mol. The zero-order valence-corrected chi connectivity index (χ0v) is 10.6. The highest BCUT2D eigenvalue weighted by Crippen LogP contribution is 2.24. The predicted molar refractivity (Wildman–Crippen MR) is 71.9 cm³/mol. The van der Waals surface area contributed by atoms with Crippen LogP contribution in [-0.2, 0) is 12.8 Å². The molecule has 0 fully saturated rings. The number of benzene rings is 2. The largest absolute Gasteiger partial charge is 0.496 e. The van der Waals surface area contributed by atoms with Gasteiger partial charge in [0.1, 0.15) is 5.75 Å². The molecule has 17 heavy (non-hydrogen) atoms. The first-order valence-corrected chi connectivity index (χ1v) is 6.04. The molecular formula is C15H15ClO. The van der Waals surface area contributed by atoms with E-state index in [0.29, 0.717) is 0 Å². The highest BCUT2D eigenvalue weighted by molar-refractivity contribution is 6.30. The minimum Gasteiger partial charge on any atom is -0.496 e. The van der Waals surface area contributed by atoms with Gasteiger partial charge >= 0.3 is 0 Å². The topological polar surface area (TPSA) is 9.23 Å². The van der Waals surface area contributed by atoms with Gasteiger partial charge in [-0.15, -0.1) is 0 Å². The molecule has 2 rings (SSSR count). The highest BCUT2D eigenvalue weighted by Gasteiger charge is 2.04. The molecule has 0 atom stereocenters. The van der Waals surface area contributed by atoms with Crippen LogP contribution >= 0.6 is 11.6 Å². The summed E-state index contributed by atoms with van der Waals surface area (Å²) in [6, 6.07) is 16.2. The molecule has 0 saturated carbocycles. The van der Waals surface area contributed by atoms with Gasteiger partial charge in [0.15, 0.2) is 0 Å². The van der Waals surface area contributed by atoms with Gasteiger partial charge in [0.25, 0.3) is 0 Å². The predicted octanol–water partition coefficient (Wildman–Crippen LogP) is 4.13. The van der Waals surface area contributed by atoms with E-state index >= 15 is 0 Å². The Morgan fingerprint density at radius 2 is 1.76 bits per heavy atom. The van der Waals surface area contributed by atoms with Gasteiger partial charge in [-0.2, -0.15) is 0 Å². The van der Waals surface area contributed by atoms with Gasteiger partial charge in [-0.05, 0) is 42.2 Å². The second-order valence-electron chi connectivity index (χ2n) is 3.94. The third kappa shape index (κ3) is 3.24. The Morgan fingerprint density at radius 1 is 1.00 bits per heavy atom. The normalized spacial score (nSPS) is 10.2. The maximum atomic E-state index is 6.00. The maximum absolute atomic E-state index is 6.00. The van der Waals surface area contributed by atoms with E-state index in [1.807, 2.05) is 24.3 Å². The molecule has 0 spiro atoms. The highest BCUT2D eigenvalue weighted by atomic mass is 35.5. The Balaban J connectivity index is 2.11. The summed E-state index contributed by atoms with van der Waals surface area (Å²) in [7, 11) is 1.69. The van der Waals surface area contributed by atoms with E-state index < -0.39 is 0 Å². The molecule has 2 aromatic rings. The van der Waals surface area contributed by atoms with Crippen molar-refractivity contribution in [3.8, 4) is 5.75 Å². The van der Waals surface area contributed by atoms with Crippen LogP contribution in [0.4, 0.5) is 0 Å². The summed E-state index contributed by atoms with van der Waals surface area (Å²) in [6.07, 6.45) is 1.94. The van der Waals surface area contributed by atoms with Crippen LogP contribution in [0.1, 0.15) is 11.1 Å². The van der Waals surface area contributed by atoms with Crippen molar-refractivity contribution in [3.63, 3.8) is 0 Å². The van der Waals surface area contributed by atoms with Crippen molar-refractivity contribution >= 4 is 11.6 Å². The van der Waals surface area contributed by atoms with Crippen molar-refractivity contribution in [2.24, 2.45) is 0 Å².